The highest BCUT2D eigenvalue weighted by molar-refractivity contribution is 7.16. The second-order valence-corrected chi connectivity index (χ2v) is 6.02. The topological polar surface area (TPSA) is 58.2 Å². The highest BCUT2D eigenvalue weighted by Crippen LogP contribution is 2.32. The van der Waals surface area contributed by atoms with E-state index in [1.807, 2.05) is 44.2 Å². The monoisotopic (exact) mass is 314 g/mol. The Kier molecular flexibility index (Phi) is 5.12. The number of hydrogen-bond acceptors (Lipinski definition) is 3. The van der Waals surface area contributed by atoms with Gasteiger partial charge in [-0.15, -0.1) is 11.3 Å². The maximum atomic E-state index is 12.0. The van der Waals surface area contributed by atoms with Gasteiger partial charge in [0.05, 0.1) is 5.56 Å². The van der Waals surface area contributed by atoms with Crippen molar-refractivity contribution < 1.29 is 9.59 Å². The quantitative estimate of drug-likeness (QED) is 0.850. The average molecular weight is 314 g/mol. The minimum absolute atomic E-state index is 0.191. The second-order valence-electron chi connectivity index (χ2n) is 4.80. The van der Waals surface area contributed by atoms with Gasteiger partial charge >= 0.3 is 0 Å². The van der Waals surface area contributed by atoms with Crippen molar-refractivity contribution in [2.75, 3.05) is 12.4 Å². The molecule has 0 unspecified atom stereocenters. The normalized spacial score (nSPS) is 10.7. The summed E-state index contributed by atoms with van der Waals surface area (Å²) in [6, 6.07) is 9.57. The van der Waals surface area contributed by atoms with E-state index >= 15 is 0 Å². The minimum Gasteiger partial charge on any atom is -0.355 e. The Balaban J connectivity index is 2.17. The first-order valence-electron chi connectivity index (χ1n) is 6.89. The summed E-state index contributed by atoms with van der Waals surface area (Å²) in [4.78, 5) is 25.0. The number of nitrogens with one attached hydrogen (secondary N) is 2. The molecule has 4 nitrogen and oxygen atoms in total. The molecule has 114 valence electrons. The van der Waals surface area contributed by atoms with Crippen LogP contribution in [0.25, 0.3) is 6.08 Å². The molecule has 0 aliphatic heterocycles. The van der Waals surface area contributed by atoms with Crippen LogP contribution in [0.4, 0.5) is 5.00 Å². The van der Waals surface area contributed by atoms with E-state index in [-0.39, 0.29) is 11.8 Å². The van der Waals surface area contributed by atoms with Crippen LogP contribution < -0.4 is 10.6 Å². The number of carbonyl (C=O) groups excluding carboxylic acids is 2. The van der Waals surface area contributed by atoms with E-state index in [4.69, 9.17) is 0 Å². The SMILES string of the molecule is CNC(=O)c1c(NC(=O)C=Cc2ccccc2)sc(C)c1C. The Morgan fingerprint density at radius 3 is 2.45 bits per heavy atom. The van der Waals surface area contributed by atoms with E-state index in [1.165, 1.54) is 17.4 Å². The van der Waals surface area contributed by atoms with Crippen molar-refractivity contribution in [3.8, 4) is 0 Å². The first-order valence-corrected chi connectivity index (χ1v) is 7.70. The maximum Gasteiger partial charge on any atom is 0.254 e. The Labute approximate surface area is 133 Å². The van der Waals surface area contributed by atoms with Gasteiger partial charge in [0.2, 0.25) is 5.91 Å². The third-order valence-corrected chi connectivity index (χ3v) is 4.43. The van der Waals surface area contributed by atoms with Crippen LogP contribution in [0.2, 0.25) is 0 Å². The van der Waals surface area contributed by atoms with Gasteiger partial charge in [0.1, 0.15) is 5.00 Å². The van der Waals surface area contributed by atoms with Crippen LogP contribution in [-0.4, -0.2) is 18.9 Å². The number of hydrogen-bond donors (Lipinski definition) is 2. The van der Waals surface area contributed by atoms with Crippen molar-refractivity contribution in [1.82, 2.24) is 5.32 Å². The number of aryl methyl sites for hydroxylation is 1. The molecular formula is C17H18N2O2S. The van der Waals surface area contributed by atoms with Gasteiger partial charge in [-0.3, -0.25) is 9.59 Å². The molecule has 0 saturated heterocycles. The van der Waals surface area contributed by atoms with Crippen molar-refractivity contribution in [3.05, 3.63) is 58.0 Å². The van der Waals surface area contributed by atoms with E-state index < -0.39 is 0 Å². The van der Waals surface area contributed by atoms with Crippen molar-refractivity contribution in [2.45, 2.75) is 13.8 Å². The average Bonchev–Trinajstić information content (AvgIpc) is 2.80. The molecule has 0 saturated carbocycles. The molecule has 1 aromatic carbocycles. The minimum atomic E-state index is -0.254. The van der Waals surface area contributed by atoms with Gasteiger partial charge in [0.25, 0.3) is 5.91 Å². The van der Waals surface area contributed by atoms with Gasteiger partial charge < -0.3 is 10.6 Å². The summed E-state index contributed by atoms with van der Waals surface area (Å²) < 4.78 is 0. The summed E-state index contributed by atoms with van der Waals surface area (Å²) in [6.45, 7) is 3.81. The van der Waals surface area contributed by atoms with Crippen molar-refractivity contribution >= 4 is 34.2 Å². The summed E-state index contributed by atoms with van der Waals surface area (Å²) in [5.74, 6) is -0.445. The number of rotatable bonds is 4. The third-order valence-electron chi connectivity index (χ3n) is 3.30. The molecule has 2 N–H and O–H groups in total. The number of carbonyl (C=O) groups is 2. The van der Waals surface area contributed by atoms with Crippen molar-refractivity contribution in [3.63, 3.8) is 0 Å². The van der Waals surface area contributed by atoms with Crippen LogP contribution >= 0.6 is 11.3 Å². The first kappa shape index (κ1) is 16.0. The predicted molar refractivity (Wildman–Crippen MR) is 91.3 cm³/mol. The predicted octanol–water partition coefficient (Wildman–Crippen LogP) is 3.38. The fraction of sp³-hybridized carbons (Fsp3) is 0.176. The van der Waals surface area contributed by atoms with Crippen LogP contribution in [-0.2, 0) is 4.79 Å². The molecular weight excluding hydrogens is 296 g/mol. The number of benzene rings is 1. The zero-order chi connectivity index (χ0) is 16.1. The lowest BCUT2D eigenvalue weighted by atomic mass is 10.1. The summed E-state index contributed by atoms with van der Waals surface area (Å²) >= 11 is 1.41. The number of thiophene rings is 1. The van der Waals surface area contributed by atoms with Gasteiger partial charge in [-0.05, 0) is 31.1 Å². The molecule has 0 radical (unpaired) electrons. The van der Waals surface area contributed by atoms with Gasteiger partial charge in [-0.25, -0.2) is 0 Å². The fourth-order valence-corrected chi connectivity index (χ4v) is 3.06. The molecule has 5 heteroatoms. The third kappa shape index (κ3) is 3.62. The van der Waals surface area contributed by atoms with Gasteiger partial charge in [0, 0.05) is 18.0 Å². The second kappa shape index (κ2) is 7.04. The highest BCUT2D eigenvalue weighted by Gasteiger charge is 2.19. The Morgan fingerprint density at radius 2 is 1.82 bits per heavy atom. The summed E-state index contributed by atoms with van der Waals surface area (Å²) in [6.07, 6.45) is 3.20. The van der Waals surface area contributed by atoms with Crippen LogP contribution in [0.3, 0.4) is 0 Å². The van der Waals surface area contributed by atoms with Gasteiger partial charge in [0.15, 0.2) is 0 Å². The summed E-state index contributed by atoms with van der Waals surface area (Å²) in [5, 5.41) is 5.98. The van der Waals surface area contributed by atoms with Gasteiger partial charge in [-0.1, -0.05) is 30.3 Å². The first-order chi connectivity index (χ1) is 10.5. The molecule has 0 atom stereocenters. The molecule has 0 fully saturated rings. The zero-order valence-electron chi connectivity index (χ0n) is 12.8. The lowest BCUT2D eigenvalue weighted by molar-refractivity contribution is -0.111. The number of amides is 2. The number of anilines is 1. The molecule has 2 amide bonds. The van der Waals surface area contributed by atoms with E-state index in [1.54, 1.807) is 13.1 Å². The summed E-state index contributed by atoms with van der Waals surface area (Å²) in [7, 11) is 1.58. The molecule has 1 aromatic heterocycles. The standard InChI is InChI=1S/C17H18N2O2S/c1-11-12(2)22-17(15(11)16(21)18-3)19-14(20)10-9-13-7-5-4-6-8-13/h4-10H,1-3H3,(H,18,21)(H,19,20). The largest absolute Gasteiger partial charge is 0.355 e. The Hall–Kier alpha value is -2.40. The van der Waals surface area contributed by atoms with Crippen molar-refractivity contribution in [1.29, 1.82) is 0 Å². The molecule has 2 rings (SSSR count). The molecule has 22 heavy (non-hydrogen) atoms. The van der Waals surface area contributed by atoms with E-state index in [9.17, 15) is 9.59 Å². The molecule has 1 heterocycles. The molecule has 0 aliphatic carbocycles. The summed E-state index contributed by atoms with van der Waals surface area (Å²) in [5.41, 5.74) is 2.38. The van der Waals surface area contributed by atoms with Crippen LogP contribution in [0.5, 0.6) is 0 Å². The van der Waals surface area contributed by atoms with E-state index in [2.05, 4.69) is 10.6 Å². The lowest BCUT2D eigenvalue weighted by Gasteiger charge is -2.04. The molecule has 0 aliphatic rings. The van der Waals surface area contributed by atoms with E-state index in [0.717, 1.165) is 16.0 Å². The van der Waals surface area contributed by atoms with Crippen LogP contribution in [0.1, 0.15) is 26.4 Å². The Bertz CT molecular complexity index is 718. The highest BCUT2D eigenvalue weighted by atomic mass is 32.1. The van der Waals surface area contributed by atoms with Gasteiger partial charge in [-0.2, -0.15) is 0 Å². The smallest absolute Gasteiger partial charge is 0.254 e. The molecule has 0 spiro atoms. The zero-order valence-corrected chi connectivity index (χ0v) is 13.6. The fourth-order valence-electron chi connectivity index (χ4n) is 2.00. The molecule has 2 aromatic rings. The van der Waals surface area contributed by atoms with Crippen LogP contribution in [0.15, 0.2) is 36.4 Å². The van der Waals surface area contributed by atoms with Crippen molar-refractivity contribution in [2.24, 2.45) is 0 Å². The molecule has 0 bridgehead atoms. The van der Waals surface area contributed by atoms with Crippen LogP contribution in [0, 0.1) is 13.8 Å². The lowest BCUT2D eigenvalue weighted by Crippen LogP contribution is -2.20. The maximum absolute atomic E-state index is 12.0. The Morgan fingerprint density at radius 1 is 1.14 bits per heavy atom. The van der Waals surface area contributed by atoms with E-state index in [0.29, 0.717) is 10.6 Å².